The quantitative estimate of drug-likeness (QED) is 0.299. The molecule has 3 rings (SSSR count). The summed E-state index contributed by atoms with van der Waals surface area (Å²) in [6.45, 7) is 9.44. The number of carbonyl (C=O) groups excluding carboxylic acids is 2. The maximum Gasteiger partial charge on any atom is 0.264 e. The molecule has 0 heterocycles. The first-order chi connectivity index (χ1) is 19.1. The van der Waals surface area contributed by atoms with Gasteiger partial charge in [-0.05, 0) is 62.4 Å². The summed E-state index contributed by atoms with van der Waals surface area (Å²) in [7, 11) is -4.09. The normalized spacial score (nSPS) is 12.8. The molecular weight excluding hydrogens is 522 g/mol. The van der Waals surface area contributed by atoms with Gasteiger partial charge < -0.3 is 10.2 Å². The van der Waals surface area contributed by atoms with Crippen molar-refractivity contribution in [2.75, 3.05) is 10.8 Å². The summed E-state index contributed by atoms with van der Waals surface area (Å²) < 4.78 is 29.2. The highest BCUT2D eigenvalue weighted by Crippen LogP contribution is 2.28. The van der Waals surface area contributed by atoms with Crippen LogP contribution in [-0.4, -0.2) is 43.8 Å². The van der Waals surface area contributed by atoms with Crippen LogP contribution < -0.4 is 9.62 Å². The highest BCUT2D eigenvalue weighted by atomic mass is 32.2. The summed E-state index contributed by atoms with van der Waals surface area (Å²) in [4.78, 5) is 29.2. The summed E-state index contributed by atoms with van der Waals surface area (Å²) in [5.74, 6) is -0.692. The van der Waals surface area contributed by atoms with Crippen molar-refractivity contribution in [1.82, 2.24) is 10.2 Å². The maximum absolute atomic E-state index is 14.2. The molecule has 214 valence electrons. The second-order valence-electron chi connectivity index (χ2n) is 10.1. The molecule has 0 unspecified atom stereocenters. The molecule has 0 aliphatic carbocycles. The lowest BCUT2D eigenvalue weighted by atomic mass is 10.1. The molecule has 0 bridgehead atoms. The Labute approximate surface area is 239 Å². The van der Waals surface area contributed by atoms with Crippen molar-refractivity contribution in [3.63, 3.8) is 0 Å². The van der Waals surface area contributed by atoms with Gasteiger partial charge in [-0.1, -0.05) is 87.0 Å². The van der Waals surface area contributed by atoms with Gasteiger partial charge in [0.1, 0.15) is 12.6 Å². The Morgan fingerprint density at radius 1 is 0.875 bits per heavy atom. The molecule has 3 aromatic rings. The minimum atomic E-state index is -4.09. The number of aryl methyl sites for hydroxylation is 2. The van der Waals surface area contributed by atoms with Gasteiger partial charge in [-0.15, -0.1) is 0 Å². The van der Waals surface area contributed by atoms with Gasteiger partial charge in [0.05, 0.1) is 10.6 Å². The van der Waals surface area contributed by atoms with E-state index in [1.165, 1.54) is 21.3 Å². The minimum Gasteiger partial charge on any atom is -0.352 e. The third-order valence-corrected chi connectivity index (χ3v) is 8.85. The number of sulfonamides is 1. The molecule has 1 N–H and O–H groups in total. The number of benzene rings is 3. The summed E-state index contributed by atoms with van der Waals surface area (Å²) in [6.07, 6.45) is 1.73. The van der Waals surface area contributed by atoms with E-state index >= 15 is 0 Å². The highest BCUT2D eigenvalue weighted by molar-refractivity contribution is 7.92. The second kappa shape index (κ2) is 14.1. The average molecular weight is 564 g/mol. The Morgan fingerprint density at radius 2 is 1.55 bits per heavy atom. The third kappa shape index (κ3) is 7.50. The smallest absolute Gasteiger partial charge is 0.264 e. The topological polar surface area (TPSA) is 86.8 Å². The van der Waals surface area contributed by atoms with E-state index in [1.807, 2.05) is 71.0 Å². The van der Waals surface area contributed by atoms with Crippen LogP contribution in [0.5, 0.6) is 0 Å². The maximum atomic E-state index is 14.2. The van der Waals surface area contributed by atoms with Crippen molar-refractivity contribution in [2.45, 2.75) is 77.4 Å². The lowest BCUT2D eigenvalue weighted by Crippen LogP contribution is -2.53. The standard InChI is InChI=1S/C32H41N3O4S/c1-6-25(5)33-32(37)29(8-3)34(22-26-16-14-15-24(4)21-26)31(36)23-35(30-20-13-12-17-27(30)7-2)40(38,39)28-18-10-9-11-19-28/h9-21,25,29H,6-8,22-23H2,1-5H3,(H,33,37)/t25-,29+/m1/s1. The van der Waals surface area contributed by atoms with Gasteiger partial charge in [0.25, 0.3) is 10.0 Å². The number of rotatable bonds is 13. The number of para-hydroxylation sites is 1. The first-order valence-corrected chi connectivity index (χ1v) is 15.4. The second-order valence-corrected chi connectivity index (χ2v) is 11.9. The molecule has 0 fully saturated rings. The lowest BCUT2D eigenvalue weighted by Gasteiger charge is -2.34. The van der Waals surface area contributed by atoms with Gasteiger partial charge in [-0.2, -0.15) is 0 Å². The summed E-state index contributed by atoms with van der Waals surface area (Å²) in [5.41, 5.74) is 3.16. The van der Waals surface area contributed by atoms with Crippen molar-refractivity contribution < 1.29 is 18.0 Å². The first kappa shape index (κ1) is 30.9. The fourth-order valence-corrected chi connectivity index (χ4v) is 6.13. The van der Waals surface area contributed by atoms with Crippen molar-refractivity contribution in [3.05, 3.63) is 95.6 Å². The van der Waals surface area contributed by atoms with Crippen molar-refractivity contribution >= 4 is 27.5 Å². The van der Waals surface area contributed by atoms with Crippen LogP contribution >= 0.6 is 0 Å². The Bertz CT molecular complexity index is 1390. The van der Waals surface area contributed by atoms with E-state index in [9.17, 15) is 18.0 Å². The van der Waals surface area contributed by atoms with E-state index in [-0.39, 0.29) is 23.4 Å². The van der Waals surface area contributed by atoms with Gasteiger partial charge in [0, 0.05) is 12.6 Å². The summed E-state index contributed by atoms with van der Waals surface area (Å²) >= 11 is 0. The molecule has 3 aromatic carbocycles. The molecule has 0 spiro atoms. The van der Waals surface area contributed by atoms with Crippen LogP contribution in [-0.2, 0) is 32.6 Å². The zero-order valence-electron chi connectivity index (χ0n) is 24.1. The molecule has 2 atom stereocenters. The van der Waals surface area contributed by atoms with E-state index in [1.54, 1.807) is 30.3 Å². The molecule has 0 saturated carbocycles. The predicted molar refractivity (Wildman–Crippen MR) is 160 cm³/mol. The van der Waals surface area contributed by atoms with E-state index < -0.39 is 28.5 Å². The van der Waals surface area contributed by atoms with Gasteiger partial charge in [0.15, 0.2) is 0 Å². The molecule has 0 saturated heterocycles. The SMILES string of the molecule is CCc1ccccc1N(CC(=O)N(Cc1cccc(C)c1)[C@@H](CC)C(=O)N[C@H](C)CC)S(=O)(=O)c1ccccc1. The number of carbonyl (C=O) groups is 2. The first-order valence-electron chi connectivity index (χ1n) is 13.9. The van der Waals surface area contributed by atoms with Gasteiger partial charge in [-0.3, -0.25) is 13.9 Å². The fraction of sp³-hybridized carbons (Fsp3) is 0.375. The van der Waals surface area contributed by atoms with Crippen molar-refractivity contribution in [1.29, 1.82) is 0 Å². The monoisotopic (exact) mass is 563 g/mol. The Morgan fingerprint density at radius 3 is 2.17 bits per heavy atom. The molecule has 0 radical (unpaired) electrons. The average Bonchev–Trinajstić information content (AvgIpc) is 2.96. The van der Waals surface area contributed by atoms with Crippen LogP contribution in [0.2, 0.25) is 0 Å². The third-order valence-electron chi connectivity index (χ3n) is 7.07. The van der Waals surface area contributed by atoms with Crippen LogP contribution in [0.15, 0.2) is 83.8 Å². The fourth-order valence-electron chi connectivity index (χ4n) is 4.65. The van der Waals surface area contributed by atoms with Crippen molar-refractivity contribution in [3.8, 4) is 0 Å². The Kier molecular flexibility index (Phi) is 10.9. The summed E-state index contributed by atoms with van der Waals surface area (Å²) in [5, 5.41) is 3.01. The summed E-state index contributed by atoms with van der Waals surface area (Å²) in [6, 6.07) is 22.3. The largest absolute Gasteiger partial charge is 0.352 e. The van der Waals surface area contributed by atoms with E-state index in [0.717, 1.165) is 23.1 Å². The molecular formula is C32H41N3O4S. The highest BCUT2D eigenvalue weighted by Gasteiger charge is 2.34. The molecule has 0 aromatic heterocycles. The van der Waals surface area contributed by atoms with Gasteiger partial charge in [0.2, 0.25) is 11.8 Å². The van der Waals surface area contributed by atoms with Crippen LogP contribution in [0, 0.1) is 6.92 Å². The molecule has 0 aliphatic heterocycles. The van der Waals surface area contributed by atoms with E-state index in [0.29, 0.717) is 18.5 Å². The molecule has 2 amide bonds. The van der Waals surface area contributed by atoms with Crippen molar-refractivity contribution in [2.24, 2.45) is 0 Å². The Balaban J connectivity index is 2.09. The molecule has 40 heavy (non-hydrogen) atoms. The minimum absolute atomic E-state index is 0.0520. The number of nitrogens with zero attached hydrogens (tertiary/aromatic N) is 2. The molecule has 0 aliphatic rings. The van der Waals surface area contributed by atoms with Crippen LogP contribution in [0.4, 0.5) is 5.69 Å². The number of anilines is 1. The molecule has 7 nitrogen and oxygen atoms in total. The van der Waals surface area contributed by atoms with Gasteiger partial charge >= 0.3 is 0 Å². The number of amides is 2. The van der Waals surface area contributed by atoms with Gasteiger partial charge in [-0.25, -0.2) is 8.42 Å². The molecule has 8 heteroatoms. The lowest BCUT2D eigenvalue weighted by molar-refractivity contribution is -0.140. The number of hydrogen-bond donors (Lipinski definition) is 1. The zero-order chi connectivity index (χ0) is 29.3. The van der Waals surface area contributed by atoms with E-state index in [4.69, 9.17) is 0 Å². The van der Waals surface area contributed by atoms with Crippen LogP contribution in [0.3, 0.4) is 0 Å². The number of nitrogens with one attached hydrogen (secondary N) is 1. The van der Waals surface area contributed by atoms with E-state index in [2.05, 4.69) is 5.32 Å². The van der Waals surface area contributed by atoms with Crippen LogP contribution in [0.1, 0.15) is 57.2 Å². The number of hydrogen-bond acceptors (Lipinski definition) is 4. The Hall–Kier alpha value is -3.65. The zero-order valence-corrected chi connectivity index (χ0v) is 24.9. The predicted octanol–water partition coefficient (Wildman–Crippen LogP) is 5.47. The van der Waals surface area contributed by atoms with Crippen LogP contribution in [0.25, 0.3) is 0 Å².